The Labute approximate surface area is 127 Å². The first-order valence-corrected chi connectivity index (χ1v) is 7.70. The maximum absolute atomic E-state index is 12.1. The van der Waals surface area contributed by atoms with E-state index in [2.05, 4.69) is 20.6 Å². The maximum Gasteiger partial charge on any atom is 0.257 e. The highest BCUT2D eigenvalue weighted by Gasteiger charge is 2.11. The maximum atomic E-state index is 12.1. The number of benzene rings is 1. The highest BCUT2D eigenvalue weighted by Crippen LogP contribution is 2.27. The van der Waals surface area contributed by atoms with Crippen molar-refractivity contribution >= 4 is 55.0 Å². The molecule has 106 valence electrons. The van der Waals surface area contributed by atoms with Crippen molar-refractivity contribution in [1.29, 1.82) is 0 Å². The van der Waals surface area contributed by atoms with Crippen LogP contribution in [0.5, 0.6) is 0 Å². The van der Waals surface area contributed by atoms with Gasteiger partial charge in [-0.3, -0.25) is 14.9 Å². The number of carbonyl (C=O) groups is 2. The molecule has 0 radical (unpaired) electrons. The average molecular weight is 318 g/mol. The molecule has 6 nitrogen and oxygen atoms in total. The van der Waals surface area contributed by atoms with Gasteiger partial charge in [-0.2, -0.15) is 0 Å². The first kappa shape index (κ1) is 13.7. The lowest BCUT2D eigenvalue weighted by Gasteiger charge is -2.01. The topological polar surface area (TPSA) is 84.0 Å². The molecule has 8 heteroatoms. The number of aromatic nitrogens is 2. The Morgan fingerprint density at radius 3 is 2.76 bits per heavy atom. The molecule has 2 aromatic heterocycles. The molecule has 0 spiro atoms. The molecule has 0 fully saturated rings. The number of hydrogen-bond acceptors (Lipinski definition) is 6. The van der Waals surface area contributed by atoms with Gasteiger partial charge in [0.2, 0.25) is 5.91 Å². The van der Waals surface area contributed by atoms with Crippen LogP contribution in [0, 0.1) is 0 Å². The second-order valence-corrected chi connectivity index (χ2v) is 6.10. The Kier molecular flexibility index (Phi) is 3.63. The smallest absolute Gasteiger partial charge is 0.257 e. The number of rotatable bonds is 3. The fourth-order valence-corrected chi connectivity index (χ4v) is 3.20. The molecular weight excluding hydrogens is 308 g/mol. The van der Waals surface area contributed by atoms with Gasteiger partial charge in [-0.15, -0.1) is 11.3 Å². The summed E-state index contributed by atoms with van der Waals surface area (Å²) < 4.78 is 0.838. The third-order valence-corrected chi connectivity index (χ3v) is 4.21. The van der Waals surface area contributed by atoms with Gasteiger partial charge < -0.3 is 5.32 Å². The Morgan fingerprint density at radius 2 is 2.05 bits per heavy atom. The molecule has 0 saturated heterocycles. The summed E-state index contributed by atoms with van der Waals surface area (Å²) in [4.78, 5) is 31.4. The number of carbonyl (C=O) groups excluding carboxylic acids is 2. The fourth-order valence-electron chi connectivity index (χ4n) is 1.72. The summed E-state index contributed by atoms with van der Waals surface area (Å²) >= 11 is 2.69. The van der Waals surface area contributed by atoms with Crippen molar-refractivity contribution < 1.29 is 9.59 Å². The summed E-state index contributed by atoms with van der Waals surface area (Å²) in [5.41, 5.74) is 1.27. The predicted octanol–water partition coefficient (Wildman–Crippen LogP) is 2.96. The number of hydrogen-bond donors (Lipinski definition) is 2. The number of fused-ring (bicyclic) bond motifs is 1. The van der Waals surface area contributed by atoms with Crippen molar-refractivity contribution in [3.8, 4) is 0 Å². The molecule has 0 aliphatic heterocycles. The molecule has 0 aliphatic rings. The van der Waals surface area contributed by atoms with Crippen LogP contribution in [0.1, 0.15) is 17.3 Å². The Morgan fingerprint density at radius 1 is 1.19 bits per heavy atom. The van der Waals surface area contributed by atoms with Gasteiger partial charge in [0.05, 0.1) is 10.2 Å². The largest absolute Gasteiger partial charge is 0.302 e. The highest BCUT2D eigenvalue weighted by molar-refractivity contribution is 7.22. The van der Waals surface area contributed by atoms with Crippen LogP contribution in [0.15, 0.2) is 29.8 Å². The molecule has 1 aromatic carbocycles. The van der Waals surface area contributed by atoms with Crippen molar-refractivity contribution in [2.75, 3.05) is 10.6 Å². The molecule has 0 aliphatic carbocycles. The molecule has 0 unspecified atom stereocenters. The van der Waals surface area contributed by atoms with Crippen LogP contribution in [0.3, 0.4) is 0 Å². The summed E-state index contributed by atoms with van der Waals surface area (Å²) in [6.07, 6.45) is 1.63. The standard InChI is InChI=1S/C13H10N4O2S2/c1-7(18)15-13-16-9-3-2-8(6-10(9)21-13)11(19)17-12-14-4-5-20-12/h2-6H,1H3,(H,14,17,19)(H,15,16,18). The zero-order valence-corrected chi connectivity index (χ0v) is 12.5. The van der Waals surface area contributed by atoms with Gasteiger partial charge in [-0.1, -0.05) is 11.3 Å². The molecule has 2 N–H and O–H groups in total. The predicted molar refractivity (Wildman–Crippen MR) is 84.0 cm³/mol. The summed E-state index contributed by atoms with van der Waals surface area (Å²) in [6, 6.07) is 5.21. The highest BCUT2D eigenvalue weighted by atomic mass is 32.1. The van der Waals surface area contributed by atoms with Crippen molar-refractivity contribution in [1.82, 2.24) is 9.97 Å². The van der Waals surface area contributed by atoms with E-state index in [1.807, 2.05) is 0 Å². The minimum atomic E-state index is -0.221. The molecular formula is C13H10N4O2S2. The lowest BCUT2D eigenvalue weighted by molar-refractivity contribution is -0.114. The fraction of sp³-hybridized carbons (Fsp3) is 0.0769. The average Bonchev–Trinajstić information content (AvgIpc) is 3.05. The Hall–Kier alpha value is -2.32. The van der Waals surface area contributed by atoms with E-state index in [9.17, 15) is 9.59 Å². The minimum absolute atomic E-state index is 0.171. The van der Waals surface area contributed by atoms with Gasteiger partial charge >= 0.3 is 0 Å². The van der Waals surface area contributed by atoms with E-state index in [1.165, 1.54) is 29.6 Å². The molecule has 0 bridgehead atoms. The molecule has 21 heavy (non-hydrogen) atoms. The lowest BCUT2D eigenvalue weighted by Crippen LogP contribution is -2.11. The summed E-state index contributed by atoms with van der Waals surface area (Å²) in [5.74, 6) is -0.392. The third-order valence-electron chi connectivity index (χ3n) is 2.59. The van der Waals surface area contributed by atoms with E-state index in [0.29, 0.717) is 15.8 Å². The van der Waals surface area contributed by atoms with E-state index in [4.69, 9.17) is 0 Å². The van der Waals surface area contributed by atoms with Crippen LogP contribution in [-0.2, 0) is 4.79 Å². The molecule has 3 rings (SSSR count). The quantitative estimate of drug-likeness (QED) is 0.777. The van der Waals surface area contributed by atoms with Crippen molar-refractivity contribution in [2.24, 2.45) is 0 Å². The second-order valence-electron chi connectivity index (χ2n) is 4.17. The van der Waals surface area contributed by atoms with Gasteiger partial charge in [0.25, 0.3) is 5.91 Å². The van der Waals surface area contributed by atoms with Gasteiger partial charge in [-0.05, 0) is 18.2 Å². The lowest BCUT2D eigenvalue weighted by atomic mass is 10.2. The Bertz CT molecular complexity index is 811. The first-order chi connectivity index (χ1) is 10.1. The van der Waals surface area contributed by atoms with Crippen LogP contribution in [0.2, 0.25) is 0 Å². The van der Waals surface area contributed by atoms with Crippen LogP contribution in [0.25, 0.3) is 10.2 Å². The number of thiazole rings is 2. The van der Waals surface area contributed by atoms with Gasteiger partial charge in [0.1, 0.15) is 0 Å². The first-order valence-electron chi connectivity index (χ1n) is 6.01. The summed E-state index contributed by atoms with van der Waals surface area (Å²) in [6.45, 7) is 1.43. The number of nitrogens with one attached hydrogen (secondary N) is 2. The number of nitrogens with zero attached hydrogens (tertiary/aromatic N) is 2. The third kappa shape index (κ3) is 3.06. The normalized spacial score (nSPS) is 10.5. The van der Waals surface area contributed by atoms with Crippen LogP contribution in [0.4, 0.5) is 10.3 Å². The zero-order chi connectivity index (χ0) is 14.8. The van der Waals surface area contributed by atoms with Gasteiger partial charge in [0.15, 0.2) is 10.3 Å². The van der Waals surface area contributed by atoms with E-state index >= 15 is 0 Å². The molecule has 0 atom stereocenters. The van der Waals surface area contributed by atoms with Crippen molar-refractivity contribution in [3.05, 3.63) is 35.3 Å². The molecule has 2 heterocycles. The van der Waals surface area contributed by atoms with Crippen LogP contribution in [-0.4, -0.2) is 21.8 Å². The molecule has 3 aromatic rings. The monoisotopic (exact) mass is 318 g/mol. The zero-order valence-electron chi connectivity index (χ0n) is 10.9. The van der Waals surface area contributed by atoms with Gasteiger partial charge in [-0.25, -0.2) is 9.97 Å². The molecule has 2 amide bonds. The van der Waals surface area contributed by atoms with E-state index in [-0.39, 0.29) is 11.8 Å². The Balaban J connectivity index is 1.86. The van der Waals surface area contributed by atoms with E-state index in [1.54, 1.807) is 29.8 Å². The van der Waals surface area contributed by atoms with Gasteiger partial charge in [0, 0.05) is 24.1 Å². The van der Waals surface area contributed by atoms with E-state index in [0.717, 1.165) is 10.2 Å². The van der Waals surface area contributed by atoms with E-state index < -0.39 is 0 Å². The minimum Gasteiger partial charge on any atom is -0.302 e. The summed E-state index contributed by atoms with van der Waals surface area (Å²) in [7, 11) is 0. The number of amides is 2. The van der Waals surface area contributed by atoms with Crippen molar-refractivity contribution in [3.63, 3.8) is 0 Å². The van der Waals surface area contributed by atoms with Crippen LogP contribution < -0.4 is 10.6 Å². The second kappa shape index (κ2) is 5.58. The SMILES string of the molecule is CC(=O)Nc1nc2ccc(C(=O)Nc3nccs3)cc2s1. The number of anilines is 2. The van der Waals surface area contributed by atoms with Crippen molar-refractivity contribution in [2.45, 2.75) is 6.92 Å². The molecule has 0 saturated carbocycles. The summed E-state index contributed by atoms with van der Waals surface area (Å²) in [5, 5.41) is 8.24. The van der Waals surface area contributed by atoms with Crippen LogP contribution >= 0.6 is 22.7 Å².